The van der Waals surface area contributed by atoms with E-state index in [0.717, 1.165) is 38.3 Å². The molecular weight excluding hydrogens is 338 g/mol. The van der Waals surface area contributed by atoms with E-state index in [4.69, 9.17) is 0 Å². The lowest BCUT2D eigenvalue weighted by Gasteiger charge is -2.32. The molecule has 0 spiro atoms. The molecule has 2 aromatic carbocycles. The van der Waals surface area contributed by atoms with Crippen molar-refractivity contribution in [2.45, 2.75) is 25.9 Å². The Labute approximate surface area is 160 Å². The van der Waals surface area contributed by atoms with Crippen molar-refractivity contribution < 1.29 is 19.4 Å². The molecule has 2 saturated heterocycles. The molecule has 0 aliphatic carbocycles. The zero-order chi connectivity index (χ0) is 18.8. The first-order chi connectivity index (χ1) is 13.1. The van der Waals surface area contributed by atoms with Crippen molar-refractivity contribution >= 4 is 17.5 Å². The van der Waals surface area contributed by atoms with Crippen LogP contribution in [0.4, 0.5) is 5.69 Å². The van der Waals surface area contributed by atoms with Gasteiger partial charge in [0.25, 0.3) is 5.91 Å². The van der Waals surface area contributed by atoms with Crippen LogP contribution in [-0.2, 0) is 16.1 Å². The number of carbonyl (C=O) groups is 2. The van der Waals surface area contributed by atoms with E-state index in [1.807, 2.05) is 37.3 Å². The van der Waals surface area contributed by atoms with E-state index in [1.165, 1.54) is 15.4 Å². The van der Waals surface area contributed by atoms with Crippen LogP contribution >= 0.6 is 0 Å². The smallest absolute Gasteiger partial charge is 0.292 e. The minimum atomic E-state index is -0.226. The number of amides is 2. The maximum Gasteiger partial charge on any atom is 0.292 e. The third kappa shape index (κ3) is 3.80. The number of hydrogen-bond donors (Lipinski definition) is 2. The van der Waals surface area contributed by atoms with E-state index in [0.29, 0.717) is 12.1 Å². The summed E-state index contributed by atoms with van der Waals surface area (Å²) in [5, 5.41) is 0. The Balaban J connectivity index is 1.39. The summed E-state index contributed by atoms with van der Waals surface area (Å²) in [5.74, 6) is -0.103. The van der Waals surface area contributed by atoms with E-state index < -0.39 is 0 Å². The van der Waals surface area contributed by atoms with E-state index in [1.54, 1.807) is 4.90 Å². The molecule has 0 saturated carbocycles. The second-order valence-corrected chi connectivity index (χ2v) is 7.73. The highest BCUT2D eigenvalue weighted by Crippen LogP contribution is 2.22. The Hall–Kier alpha value is -2.50. The van der Waals surface area contributed by atoms with Gasteiger partial charge >= 0.3 is 0 Å². The predicted octanol–water partition coefficient (Wildman–Crippen LogP) is -0.389. The number of quaternary nitrogens is 2. The van der Waals surface area contributed by atoms with Crippen LogP contribution in [0.2, 0.25) is 0 Å². The van der Waals surface area contributed by atoms with Crippen molar-refractivity contribution in [3.63, 3.8) is 0 Å². The second-order valence-electron chi connectivity index (χ2n) is 7.73. The summed E-state index contributed by atoms with van der Waals surface area (Å²) in [6.45, 7) is 6.95. The molecule has 27 heavy (non-hydrogen) atoms. The van der Waals surface area contributed by atoms with Gasteiger partial charge in [0.2, 0.25) is 5.91 Å². The molecular formula is C22H27N3O2+2. The molecule has 5 nitrogen and oxygen atoms in total. The summed E-state index contributed by atoms with van der Waals surface area (Å²) in [6, 6.07) is 18.0. The van der Waals surface area contributed by atoms with Gasteiger partial charge in [-0.25, -0.2) is 4.90 Å². The van der Waals surface area contributed by atoms with Crippen molar-refractivity contribution in [3.8, 4) is 0 Å². The monoisotopic (exact) mass is 365 g/mol. The predicted molar refractivity (Wildman–Crippen MR) is 104 cm³/mol. The average Bonchev–Trinajstić information content (AvgIpc) is 2.97. The Kier molecular flexibility index (Phi) is 5.05. The Bertz CT molecular complexity index is 828. The maximum atomic E-state index is 13.0. The van der Waals surface area contributed by atoms with Gasteiger partial charge in [-0.2, -0.15) is 0 Å². The molecule has 0 bridgehead atoms. The van der Waals surface area contributed by atoms with E-state index in [2.05, 4.69) is 24.3 Å². The van der Waals surface area contributed by atoms with Gasteiger partial charge in [-0.15, -0.1) is 0 Å². The minimum Gasteiger partial charge on any atom is -0.322 e. The number of carbonyl (C=O) groups excluding carboxylic acids is 2. The lowest BCUT2D eigenvalue weighted by Crippen LogP contribution is -3.29. The molecule has 0 radical (unpaired) electrons. The van der Waals surface area contributed by atoms with Crippen LogP contribution in [-0.4, -0.2) is 44.0 Å². The zero-order valence-electron chi connectivity index (χ0n) is 15.8. The van der Waals surface area contributed by atoms with Crippen LogP contribution < -0.4 is 14.7 Å². The fourth-order valence-corrected chi connectivity index (χ4v) is 4.32. The number of hydrogen-bond acceptors (Lipinski definition) is 2. The number of aryl methyl sites for hydroxylation is 1. The minimum absolute atomic E-state index is 0.0351. The number of anilines is 1. The summed E-state index contributed by atoms with van der Waals surface area (Å²) < 4.78 is 0. The standard InChI is InChI=1S/C22H25N3O2/c1-17-6-5-9-19(14-17)25-21(26)15-20(22(25)27)24-12-10-23(11-13-24)16-18-7-3-2-4-8-18/h2-9,14,20H,10-13,15-16H2,1H3/p+2/t20-/m1/s1. The Morgan fingerprint density at radius 3 is 2.41 bits per heavy atom. The molecule has 2 aliphatic rings. The van der Waals surface area contributed by atoms with E-state index in [-0.39, 0.29) is 17.9 Å². The van der Waals surface area contributed by atoms with Crippen LogP contribution in [0, 0.1) is 6.92 Å². The topological polar surface area (TPSA) is 46.3 Å². The fraction of sp³-hybridized carbons (Fsp3) is 0.364. The summed E-state index contributed by atoms with van der Waals surface area (Å²) >= 11 is 0. The molecule has 4 rings (SSSR count). The van der Waals surface area contributed by atoms with Crippen molar-refractivity contribution in [1.82, 2.24) is 0 Å². The van der Waals surface area contributed by atoms with E-state index in [9.17, 15) is 9.59 Å². The Morgan fingerprint density at radius 2 is 1.70 bits per heavy atom. The fourth-order valence-electron chi connectivity index (χ4n) is 4.32. The molecule has 2 N–H and O–H groups in total. The van der Waals surface area contributed by atoms with Crippen LogP contribution in [0.25, 0.3) is 0 Å². The lowest BCUT2D eigenvalue weighted by atomic mass is 10.1. The van der Waals surface area contributed by atoms with Crippen molar-refractivity contribution in [1.29, 1.82) is 0 Å². The summed E-state index contributed by atoms with van der Waals surface area (Å²) in [6.07, 6.45) is 0.329. The summed E-state index contributed by atoms with van der Waals surface area (Å²) in [5.41, 5.74) is 3.12. The van der Waals surface area contributed by atoms with Gasteiger partial charge in [0.15, 0.2) is 6.04 Å². The number of nitrogens with one attached hydrogen (secondary N) is 2. The van der Waals surface area contributed by atoms with Gasteiger partial charge in [0.05, 0.1) is 12.1 Å². The van der Waals surface area contributed by atoms with Gasteiger partial charge in [-0.3, -0.25) is 9.59 Å². The molecule has 140 valence electrons. The zero-order valence-corrected chi connectivity index (χ0v) is 15.8. The van der Waals surface area contributed by atoms with Gasteiger partial charge in [-0.1, -0.05) is 42.5 Å². The van der Waals surface area contributed by atoms with Gasteiger partial charge < -0.3 is 9.80 Å². The van der Waals surface area contributed by atoms with Crippen LogP contribution in [0.3, 0.4) is 0 Å². The molecule has 2 amide bonds. The molecule has 2 heterocycles. The van der Waals surface area contributed by atoms with Crippen molar-refractivity contribution in [2.24, 2.45) is 0 Å². The molecule has 0 unspecified atom stereocenters. The first-order valence-electron chi connectivity index (χ1n) is 9.77. The van der Waals surface area contributed by atoms with Crippen molar-refractivity contribution in [3.05, 3.63) is 65.7 Å². The number of benzene rings is 2. The highest BCUT2D eigenvalue weighted by atomic mass is 16.2. The van der Waals surface area contributed by atoms with Gasteiger partial charge in [0.1, 0.15) is 32.7 Å². The lowest BCUT2D eigenvalue weighted by molar-refractivity contribution is -1.02. The van der Waals surface area contributed by atoms with Crippen LogP contribution in [0.15, 0.2) is 54.6 Å². The normalized spacial score (nSPS) is 25.8. The van der Waals surface area contributed by atoms with Gasteiger partial charge in [0, 0.05) is 5.56 Å². The average molecular weight is 365 g/mol. The number of rotatable bonds is 4. The maximum absolute atomic E-state index is 13.0. The van der Waals surface area contributed by atoms with Crippen LogP contribution in [0.5, 0.6) is 0 Å². The molecule has 2 aliphatic heterocycles. The third-order valence-corrected chi connectivity index (χ3v) is 5.80. The third-order valence-electron chi connectivity index (χ3n) is 5.80. The highest BCUT2D eigenvalue weighted by Gasteiger charge is 2.46. The second kappa shape index (κ2) is 7.62. The molecule has 2 fully saturated rings. The largest absolute Gasteiger partial charge is 0.322 e. The SMILES string of the molecule is Cc1cccc(N2C(=O)C[C@@H]([NH+]3CC[NH+](Cc4ccccc4)CC3)C2=O)c1. The van der Waals surface area contributed by atoms with Crippen molar-refractivity contribution in [2.75, 3.05) is 31.1 Å². The Morgan fingerprint density at radius 1 is 0.963 bits per heavy atom. The first kappa shape index (κ1) is 17.9. The van der Waals surface area contributed by atoms with Gasteiger partial charge in [-0.05, 0) is 24.6 Å². The number of imide groups is 1. The van der Waals surface area contributed by atoms with Crippen LogP contribution in [0.1, 0.15) is 17.5 Å². The number of piperazine rings is 1. The number of nitrogens with zero attached hydrogens (tertiary/aromatic N) is 1. The molecule has 5 heteroatoms. The quantitative estimate of drug-likeness (QED) is 0.725. The first-order valence-corrected chi connectivity index (χ1v) is 9.77. The summed E-state index contributed by atoms with van der Waals surface area (Å²) in [7, 11) is 0. The molecule has 2 aromatic rings. The van der Waals surface area contributed by atoms with E-state index >= 15 is 0 Å². The molecule has 1 atom stereocenters. The summed E-state index contributed by atoms with van der Waals surface area (Å²) in [4.78, 5) is 29.7. The highest BCUT2D eigenvalue weighted by molar-refractivity contribution is 6.21. The molecule has 0 aromatic heterocycles.